The SMILES string of the molecule is CCCC(=O)OC(O[SiH](C)C)c1ccc(C(C)(C)C)c(OC)c1. The zero-order chi connectivity index (χ0) is 17.6. The van der Waals surface area contributed by atoms with Gasteiger partial charge in [0, 0.05) is 12.0 Å². The Morgan fingerprint density at radius 1 is 1.26 bits per heavy atom. The lowest BCUT2D eigenvalue weighted by Crippen LogP contribution is -2.20. The second kappa shape index (κ2) is 8.50. The largest absolute Gasteiger partial charge is 0.496 e. The molecule has 0 radical (unpaired) electrons. The lowest BCUT2D eigenvalue weighted by atomic mass is 9.86. The molecule has 1 unspecified atom stereocenters. The summed E-state index contributed by atoms with van der Waals surface area (Å²) >= 11 is 0. The fraction of sp³-hybridized carbons (Fsp3) is 0.611. The van der Waals surface area contributed by atoms with Gasteiger partial charge in [0.15, 0.2) is 9.04 Å². The van der Waals surface area contributed by atoms with Crippen LogP contribution in [-0.4, -0.2) is 22.1 Å². The monoisotopic (exact) mass is 338 g/mol. The van der Waals surface area contributed by atoms with Crippen LogP contribution >= 0.6 is 0 Å². The first-order valence-corrected chi connectivity index (χ1v) is 11.0. The predicted molar refractivity (Wildman–Crippen MR) is 95.4 cm³/mol. The molecule has 0 amide bonds. The van der Waals surface area contributed by atoms with E-state index in [1.165, 1.54) is 0 Å². The van der Waals surface area contributed by atoms with Crippen LogP contribution in [0.4, 0.5) is 0 Å². The van der Waals surface area contributed by atoms with Crippen LogP contribution in [-0.2, 0) is 19.4 Å². The smallest absolute Gasteiger partial charge is 0.308 e. The molecule has 4 nitrogen and oxygen atoms in total. The van der Waals surface area contributed by atoms with Crippen LogP contribution in [0.2, 0.25) is 13.1 Å². The molecule has 0 aromatic heterocycles. The van der Waals surface area contributed by atoms with Crippen LogP contribution in [0, 0.1) is 0 Å². The van der Waals surface area contributed by atoms with Crippen LogP contribution in [0.25, 0.3) is 0 Å². The summed E-state index contributed by atoms with van der Waals surface area (Å²) < 4.78 is 17.0. The van der Waals surface area contributed by atoms with Crippen molar-refractivity contribution in [2.75, 3.05) is 7.11 Å². The first-order valence-electron chi connectivity index (χ1n) is 8.22. The Morgan fingerprint density at radius 3 is 2.39 bits per heavy atom. The standard InChI is InChI=1S/C18H30O4Si/c1-8-9-16(19)21-17(22-23(6)7)13-10-11-14(18(2,3)4)15(12-13)20-5/h10-12,17,23H,8-9H2,1-7H3. The summed E-state index contributed by atoms with van der Waals surface area (Å²) in [6.07, 6.45) is 0.511. The lowest BCUT2D eigenvalue weighted by Gasteiger charge is -2.25. The lowest BCUT2D eigenvalue weighted by molar-refractivity contribution is -0.165. The van der Waals surface area contributed by atoms with Crippen molar-refractivity contribution in [1.82, 2.24) is 0 Å². The molecule has 23 heavy (non-hydrogen) atoms. The van der Waals surface area contributed by atoms with E-state index in [2.05, 4.69) is 33.9 Å². The van der Waals surface area contributed by atoms with Crippen molar-refractivity contribution < 1.29 is 18.7 Å². The Morgan fingerprint density at radius 2 is 1.91 bits per heavy atom. The molecule has 0 aliphatic rings. The number of methoxy groups -OCH3 is 1. The van der Waals surface area contributed by atoms with Gasteiger partial charge in [-0.05, 0) is 36.6 Å². The Hall–Kier alpha value is -1.33. The van der Waals surface area contributed by atoms with Gasteiger partial charge in [-0.2, -0.15) is 0 Å². The second-order valence-corrected chi connectivity index (χ2v) is 9.34. The van der Waals surface area contributed by atoms with Gasteiger partial charge in [0.2, 0.25) is 6.29 Å². The highest BCUT2D eigenvalue weighted by molar-refractivity contribution is 6.48. The Kier molecular flexibility index (Phi) is 7.29. The van der Waals surface area contributed by atoms with E-state index in [1.807, 2.05) is 25.1 Å². The third-order valence-electron chi connectivity index (χ3n) is 3.39. The van der Waals surface area contributed by atoms with Crippen molar-refractivity contribution in [3.63, 3.8) is 0 Å². The first-order chi connectivity index (χ1) is 10.7. The minimum absolute atomic E-state index is 0.0219. The first kappa shape index (κ1) is 19.7. The van der Waals surface area contributed by atoms with Crippen LogP contribution in [0.3, 0.4) is 0 Å². The molecule has 130 valence electrons. The maximum absolute atomic E-state index is 11.9. The number of hydrogen-bond donors (Lipinski definition) is 0. The second-order valence-electron chi connectivity index (χ2n) is 6.97. The van der Waals surface area contributed by atoms with Gasteiger partial charge >= 0.3 is 5.97 Å². The van der Waals surface area contributed by atoms with E-state index in [4.69, 9.17) is 13.9 Å². The van der Waals surface area contributed by atoms with Crippen LogP contribution in [0.1, 0.15) is 58.0 Å². The van der Waals surface area contributed by atoms with E-state index in [9.17, 15) is 4.79 Å². The van der Waals surface area contributed by atoms with Crippen LogP contribution in [0.5, 0.6) is 5.75 Å². The number of rotatable bonds is 7. The molecule has 0 N–H and O–H groups in total. The molecule has 0 bridgehead atoms. The summed E-state index contributed by atoms with van der Waals surface area (Å²) in [6.45, 7) is 12.5. The third kappa shape index (κ3) is 5.99. The fourth-order valence-electron chi connectivity index (χ4n) is 2.28. The van der Waals surface area contributed by atoms with Crippen molar-refractivity contribution in [2.45, 2.75) is 65.3 Å². The highest BCUT2D eigenvalue weighted by Gasteiger charge is 2.23. The normalized spacial score (nSPS) is 13.0. The maximum Gasteiger partial charge on any atom is 0.308 e. The van der Waals surface area contributed by atoms with E-state index in [-0.39, 0.29) is 11.4 Å². The van der Waals surface area contributed by atoms with Crippen molar-refractivity contribution in [3.05, 3.63) is 29.3 Å². The molecule has 0 aliphatic carbocycles. The molecule has 0 fully saturated rings. The van der Waals surface area contributed by atoms with Gasteiger partial charge < -0.3 is 13.9 Å². The molecule has 1 rings (SSSR count). The van der Waals surface area contributed by atoms with Crippen molar-refractivity contribution in [2.24, 2.45) is 0 Å². The van der Waals surface area contributed by atoms with Gasteiger partial charge in [0.25, 0.3) is 0 Å². The molecule has 0 saturated heterocycles. The van der Waals surface area contributed by atoms with Crippen molar-refractivity contribution >= 4 is 15.0 Å². The quantitative estimate of drug-likeness (QED) is 0.421. The van der Waals surface area contributed by atoms with Gasteiger partial charge in [-0.3, -0.25) is 4.79 Å². The van der Waals surface area contributed by atoms with Crippen molar-refractivity contribution in [3.8, 4) is 5.75 Å². The highest BCUT2D eigenvalue weighted by Crippen LogP contribution is 2.34. The average Bonchev–Trinajstić information content (AvgIpc) is 2.44. The highest BCUT2D eigenvalue weighted by atomic mass is 28.3. The summed E-state index contributed by atoms with van der Waals surface area (Å²) in [5.41, 5.74) is 1.91. The van der Waals surface area contributed by atoms with Gasteiger partial charge in [-0.25, -0.2) is 0 Å². The van der Waals surface area contributed by atoms with E-state index < -0.39 is 15.3 Å². The molecular formula is C18H30O4Si. The van der Waals surface area contributed by atoms with Gasteiger partial charge in [-0.15, -0.1) is 0 Å². The van der Waals surface area contributed by atoms with Gasteiger partial charge in [-0.1, -0.05) is 39.8 Å². The molecule has 0 saturated carbocycles. The topological polar surface area (TPSA) is 44.8 Å². The van der Waals surface area contributed by atoms with E-state index in [1.54, 1.807) is 7.11 Å². The summed E-state index contributed by atoms with van der Waals surface area (Å²) in [7, 11) is 0.292. The number of hydrogen-bond acceptors (Lipinski definition) is 4. The molecule has 0 aliphatic heterocycles. The van der Waals surface area contributed by atoms with E-state index in [0.29, 0.717) is 6.42 Å². The Bertz CT molecular complexity index is 520. The molecule has 5 heteroatoms. The Balaban J connectivity index is 3.13. The zero-order valence-electron chi connectivity index (χ0n) is 15.4. The summed E-state index contributed by atoms with van der Waals surface area (Å²) in [5, 5.41) is 0. The van der Waals surface area contributed by atoms with Gasteiger partial charge in [0.1, 0.15) is 5.75 Å². The number of ether oxygens (including phenoxy) is 2. The number of carbonyl (C=O) groups is 1. The number of carbonyl (C=O) groups excluding carboxylic acids is 1. The number of benzene rings is 1. The minimum Gasteiger partial charge on any atom is -0.496 e. The minimum atomic E-state index is -1.37. The molecular weight excluding hydrogens is 308 g/mol. The van der Waals surface area contributed by atoms with E-state index >= 15 is 0 Å². The predicted octanol–water partition coefficient (Wildman–Crippen LogP) is 4.33. The summed E-state index contributed by atoms with van der Waals surface area (Å²) in [6, 6.07) is 5.91. The molecule has 1 aromatic rings. The molecule has 1 atom stereocenters. The van der Waals surface area contributed by atoms with Gasteiger partial charge in [0.05, 0.1) is 7.11 Å². The van der Waals surface area contributed by atoms with Crippen molar-refractivity contribution in [1.29, 1.82) is 0 Å². The van der Waals surface area contributed by atoms with E-state index in [0.717, 1.165) is 23.3 Å². The summed E-state index contributed by atoms with van der Waals surface area (Å²) in [4.78, 5) is 11.9. The molecule has 0 spiro atoms. The third-order valence-corrected chi connectivity index (χ3v) is 4.19. The maximum atomic E-state index is 11.9. The average molecular weight is 339 g/mol. The molecule has 0 heterocycles. The van der Waals surface area contributed by atoms with Crippen LogP contribution < -0.4 is 4.74 Å². The Labute approximate surface area is 141 Å². The molecule has 1 aromatic carbocycles. The summed E-state index contributed by atoms with van der Waals surface area (Å²) in [5.74, 6) is 0.562. The van der Waals surface area contributed by atoms with Crippen LogP contribution in [0.15, 0.2) is 18.2 Å². The fourth-order valence-corrected chi connectivity index (χ4v) is 2.99. The number of esters is 1. The zero-order valence-corrected chi connectivity index (χ0v) is 16.6.